The highest BCUT2D eigenvalue weighted by Gasteiger charge is 2.14. The van der Waals surface area contributed by atoms with E-state index in [1.165, 1.54) is 0 Å². The zero-order valence-electron chi connectivity index (χ0n) is 10.7. The lowest BCUT2D eigenvalue weighted by molar-refractivity contribution is 0.172. The third kappa shape index (κ3) is 1.93. The van der Waals surface area contributed by atoms with Crippen LogP contribution in [0.3, 0.4) is 0 Å². The topological polar surface area (TPSA) is 59.2 Å². The van der Waals surface area contributed by atoms with Crippen LogP contribution >= 0.6 is 0 Å². The van der Waals surface area contributed by atoms with Gasteiger partial charge < -0.3 is 19.8 Å². The first-order chi connectivity index (χ1) is 9.88. The summed E-state index contributed by atoms with van der Waals surface area (Å²) in [4.78, 5) is 7.75. The Morgan fingerprint density at radius 3 is 2.55 bits per heavy atom. The van der Waals surface area contributed by atoms with Crippen LogP contribution in [0.4, 0.5) is 11.6 Å². The van der Waals surface area contributed by atoms with E-state index in [0.717, 1.165) is 28.2 Å². The second-order valence-corrected chi connectivity index (χ2v) is 4.59. The molecule has 0 atom stereocenters. The maximum atomic E-state index is 5.57. The summed E-state index contributed by atoms with van der Waals surface area (Å²) < 4.78 is 11.1. The summed E-state index contributed by atoms with van der Waals surface area (Å²) in [6.07, 6.45) is 0. The van der Waals surface area contributed by atoms with Crippen LogP contribution in [0, 0.1) is 0 Å². The lowest BCUT2D eigenvalue weighted by atomic mass is 10.2. The Morgan fingerprint density at radius 2 is 1.75 bits per heavy atom. The maximum Gasteiger partial charge on any atom is 0.205 e. The number of aromatic nitrogens is 2. The second kappa shape index (κ2) is 4.45. The highest BCUT2D eigenvalue weighted by Crippen LogP contribution is 2.34. The van der Waals surface area contributed by atoms with Crippen molar-refractivity contribution in [2.24, 2.45) is 0 Å². The first kappa shape index (κ1) is 11.2. The first-order valence-electron chi connectivity index (χ1n) is 6.50. The number of anilines is 2. The lowest BCUT2D eigenvalue weighted by Gasteiger charge is -2.17. The SMILES string of the molecule is c1ccc(Nc2nc3cc4c(cc3[nH]2)OCCO4)cc1. The number of imidazole rings is 1. The number of hydrogen-bond acceptors (Lipinski definition) is 4. The predicted octanol–water partition coefficient (Wildman–Crippen LogP) is 3.08. The number of H-pyrrole nitrogens is 1. The number of nitrogens with zero attached hydrogens (tertiary/aromatic N) is 1. The molecule has 2 heterocycles. The van der Waals surface area contributed by atoms with Crippen LogP contribution in [0.2, 0.25) is 0 Å². The van der Waals surface area contributed by atoms with Gasteiger partial charge in [-0.05, 0) is 12.1 Å². The van der Waals surface area contributed by atoms with Crippen molar-refractivity contribution >= 4 is 22.7 Å². The molecule has 1 aliphatic rings. The molecular weight excluding hydrogens is 254 g/mol. The van der Waals surface area contributed by atoms with E-state index < -0.39 is 0 Å². The summed E-state index contributed by atoms with van der Waals surface area (Å²) in [6, 6.07) is 13.7. The Hall–Kier alpha value is -2.69. The molecule has 0 amide bonds. The average Bonchev–Trinajstić information content (AvgIpc) is 2.86. The molecule has 0 bridgehead atoms. The largest absolute Gasteiger partial charge is 0.486 e. The van der Waals surface area contributed by atoms with Crippen molar-refractivity contribution in [1.82, 2.24) is 9.97 Å². The van der Waals surface area contributed by atoms with Gasteiger partial charge >= 0.3 is 0 Å². The van der Waals surface area contributed by atoms with Crippen LogP contribution in [0.1, 0.15) is 0 Å². The summed E-state index contributed by atoms with van der Waals surface area (Å²) in [5, 5.41) is 3.24. The van der Waals surface area contributed by atoms with Gasteiger partial charge in [0.2, 0.25) is 5.95 Å². The van der Waals surface area contributed by atoms with Gasteiger partial charge in [0.05, 0.1) is 11.0 Å². The predicted molar refractivity (Wildman–Crippen MR) is 76.8 cm³/mol. The summed E-state index contributed by atoms with van der Waals surface area (Å²) in [7, 11) is 0. The minimum atomic E-state index is 0.581. The van der Waals surface area contributed by atoms with Crippen molar-refractivity contribution < 1.29 is 9.47 Å². The van der Waals surface area contributed by atoms with Gasteiger partial charge in [-0.2, -0.15) is 0 Å². The normalized spacial score (nSPS) is 13.4. The number of ether oxygens (including phenoxy) is 2. The highest BCUT2D eigenvalue weighted by atomic mass is 16.6. The van der Waals surface area contributed by atoms with E-state index in [-0.39, 0.29) is 0 Å². The molecular formula is C15H13N3O2. The maximum absolute atomic E-state index is 5.57. The number of benzene rings is 2. The van der Waals surface area contributed by atoms with Crippen molar-refractivity contribution in [3.05, 3.63) is 42.5 Å². The van der Waals surface area contributed by atoms with Crippen LogP contribution < -0.4 is 14.8 Å². The summed E-state index contributed by atoms with van der Waals surface area (Å²) in [6.45, 7) is 1.17. The highest BCUT2D eigenvalue weighted by molar-refractivity contribution is 5.82. The van der Waals surface area contributed by atoms with Crippen molar-refractivity contribution in [2.45, 2.75) is 0 Å². The fourth-order valence-corrected chi connectivity index (χ4v) is 2.26. The summed E-state index contributed by atoms with van der Waals surface area (Å²) in [5.41, 5.74) is 2.77. The fourth-order valence-electron chi connectivity index (χ4n) is 2.26. The van der Waals surface area contributed by atoms with E-state index in [0.29, 0.717) is 19.2 Å². The van der Waals surface area contributed by atoms with E-state index in [1.54, 1.807) is 0 Å². The lowest BCUT2D eigenvalue weighted by Crippen LogP contribution is -2.15. The molecule has 0 aliphatic carbocycles. The van der Waals surface area contributed by atoms with Gasteiger partial charge in [0, 0.05) is 17.8 Å². The molecule has 1 aliphatic heterocycles. The molecule has 0 saturated heterocycles. The number of para-hydroxylation sites is 1. The number of aromatic amines is 1. The summed E-state index contributed by atoms with van der Waals surface area (Å²) >= 11 is 0. The monoisotopic (exact) mass is 267 g/mol. The number of nitrogens with one attached hydrogen (secondary N) is 2. The molecule has 5 heteroatoms. The van der Waals surface area contributed by atoms with E-state index in [2.05, 4.69) is 15.3 Å². The Morgan fingerprint density at radius 1 is 1.00 bits per heavy atom. The molecule has 1 aromatic heterocycles. The standard InChI is InChI=1S/C15H13N3O2/c1-2-4-10(5-3-1)16-15-17-11-8-13-14(9-12(11)18-15)20-7-6-19-13/h1-5,8-9H,6-7H2,(H2,16,17,18). The molecule has 0 radical (unpaired) electrons. The van der Waals surface area contributed by atoms with Crippen molar-refractivity contribution in [2.75, 3.05) is 18.5 Å². The molecule has 0 unspecified atom stereocenters. The zero-order chi connectivity index (χ0) is 13.4. The zero-order valence-corrected chi connectivity index (χ0v) is 10.7. The van der Waals surface area contributed by atoms with Crippen LogP contribution in [-0.4, -0.2) is 23.2 Å². The molecule has 0 fully saturated rings. The van der Waals surface area contributed by atoms with Crippen molar-refractivity contribution in [3.63, 3.8) is 0 Å². The van der Waals surface area contributed by atoms with E-state index in [4.69, 9.17) is 9.47 Å². The molecule has 4 rings (SSSR count). The van der Waals surface area contributed by atoms with Gasteiger partial charge in [-0.1, -0.05) is 18.2 Å². The van der Waals surface area contributed by atoms with Crippen LogP contribution in [0.15, 0.2) is 42.5 Å². The summed E-state index contributed by atoms with van der Waals surface area (Å²) in [5.74, 6) is 2.22. The second-order valence-electron chi connectivity index (χ2n) is 4.59. The van der Waals surface area contributed by atoms with Crippen molar-refractivity contribution in [3.8, 4) is 11.5 Å². The third-order valence-electron chi connectivity index (χ3n) is 3.18. The molecule has 0 spiro atoms. The van der Waals surface area contributed by atoms with E-state index >= 15 is 0 Å². The first-order valence-corrected chi connectivity index (χ1v) is 6.50. The van der Waals surface area contributed by atoms with Crippen LogP contribution in [0.25, 0.3) is 11.0 Å². The molecule has 100 valence electrons. The minimum absolute atomic E-state index is 0.581. The number of fused-ring (bicyclic) bond motifs is 2. The molecule has 20 heavy (non-hydrogen) atoms. The fraction of sp³-hybridized carbons (Fsp3) is 0.133. The van der Waals surface area contributed by atoms with Crippen LogP contribution in [0.5, 0.6) is 11.5 Å². The minimum Gasteiger partial charge on any atom is -0.486 e. The van der Waals surface area contributed by atoms with Crippen LogP contribution in [-0.2, 0) is 0 Å². The Labute approximate surface area is 115 Å². The third-order valence-corrected chi connectivity index (χ3v) is 3.18. The number of rotatable bonds is 2. The van der Waals surface area contributed by atoms with Gasteiger partial charge in [-0.25, -0.2) is 4.98 Å². The Bertz CT molecular complexity index is 709. The average molecular weight is 267 g/mol. The Balaban J connectivity index is 1.71. The van der Waals surface area contributed by atoms with Gasteiger partial charge in [-0.15, -0.1) is 0 Å². The van der Waals surface area contributed by atoms with E-state index in [9.17, 15) is 0 Å². The number of hydrogen-bond donors (Lipinski definition) is 2. The molecule has 2 aromatic carbocycles. The molecule has 3 aromatic rings. The van der Waals surface area contributed by atoms with E-state index in [1.807, 2.05) is 42.5 Å². The van der Waals surface area contributed by atoms with Gasteiger partial charge in [0.25, 0.3) is 0 Å². The van der Waals surface area contributed by atoms with Gasteiger partial charge in [-0.3, -0.25) is 0 Å². The molecule has 5 nitrogen and oxygen atoms in total. The molecule has 0 saturated carbocycles. The van der Waals surface area contributed by atoms with Gasteiger partial charge in [0.1, 0.15) is 13.2 Å². The smallest absolute Gasteiger partial charge is 0.205 e. The Kier molecular flexibility index (Phi) is 2.48. The van der Waals surface area contributed by atoms with Crippen molar-refractivity contribution in [1.29, 1.82) is 0 Å². The van der Waals surface area contributed by atoms with Gasteiger partial charge in [0.15, 0.2) is 11.5 Å². The quantitative estimate of drug-likeness (QED) is 0.749. The molecule has 2 N–H and O–H groups in total.